The second kappa shape index (κ2) is 12.5. The first kappa shape index (κ1) is 33.9. The van der Waals surface area contributed by atoms with E-state index in [2.05, 4.69) is 208 Å². The summed E-state index contributed by atoms with van der Waals surface area (Å²) < 4.78 is 2.71. The van der Waals surface area contributed by atoms with Gasteiger partial charge in [-0.25, -0.2) is 0 Å². The quantitative estimate of drug-likeness (QED) is 0.157. The van der Waals surface area contributed by atoms with Crippen LogP contribution in [0.5, 0.6) is 0 Å². The van der Waals surface area contributed by atoms with Crippen molar-refractivity contribution in [1.82, 2.24) is 0 Å². The Bertz CT molecular complexity index is 3740. The fourth-order valence-corrected chi connectivity index (χ4v) is 12.1. The standard InChI is InChI=1S/C59H38S/c1-59(2)51-32-30-48-47(31-33-54-58(48)50-23-11-12-25-53(50)60-54)57(51)49-27-26-36(34-52(49)59)38-28-29-46(40-18-6-5-17-39(38)40)56-44-21-9-7-19-42(44)55(43-20-8-10-22-45(43)56)41-24-13-15-35-14-3-4-16-37(35)41/h3-34H,1-2H3. The molecule has 60 heavy (non-hydrogen) atoms. The van der Waals surface area contributed by atoms with Gasteiger partial charge >= 0.3 is 0 Å². The molecule has 13 rings (SSSR count). The van der Waals surface area contributed by atoms with Gasteiger partial charge < -0.3 is 0 Å². The van der Waals surface area contributed by atoms with Gasteiger partial charge in [-0.2, -0.15) is 0 Å². The van der Waals surface area contributed by atoms with Crippen LogP contribution in [0.25, 0.3) is 119 Å². The maximum Gasteiger partial charge on any atom is 0.0361 e. The number of thiophene rings is 1. The zero-order chi connectivity index (χ0) is 39.7. The normalized spacial score (nSPS) is 13.3. The molecule has 0 radical (unpaired) electrons. The summed E-state index contributed by atoms with van der Waals surface area (Å²) >= 11 is 1.90. The van der Waals surface area contributed by atoms with Gasteiger partial charge in [-0.3, -0.25) is 0 Å². The van der Waals surface area contributed by atoms with Gasteiger partial charge in [0.1, 0.15) is 0 Å². The van der Waals surface area contributed by atoms with E-state index in [4.69, 9.17) is 0 Å². The topological polar surface area (TPSA) is 0 Å². The van der Waals surface area contributed by atoms with Crippen molar-refractivity contribution >= 4 is 85.4 Å². The first-order valence-electron chi connectivity index (χ1n) is 21.0. The third-order valence-electron chi connectivity index (χ3n) is 13.7. The molecule has 0 nitrogen and oxygen atoms in total. The summed E-state index contributed by atoms with van der Waals surface area (Å²) in [7, 11) is 0. The fourth-order valence-electron chi connectivity index (χ4n) is 11.0. The monoisotopic (exact) mass is 778 g/mol. The Morgan fingerprint density at radius 3 is 1.55 bits per heavy atom. The molecule has 1 heteroatoms. The molecule has 0 saturated carbocycles. The van der Waals surface area contributed by atoms with Gasteiger partial charge in [0.05, 0.1) is 0 Å². The summed E-state index contributed by atoms with van der Waals surface area (Å²) in [5.74, 6) is 0. The molecule has 0 amide bonds. The minimum atomic E-state index is -0.139. The number of hydrogen-bond acceptors (Lipinski definition) is 1. The Kier molecular flexibility index (Phi) is 7.04. The van der Waals surface area contributed by atoms with Crippen LogP contribution in [0.3, 0.4) is 0 Å². The van der Waals surface area contributed by atoms with E-state index in [-0.39, 0.29) is 5.41 Å². The maximum absolute atomic E-state index is 2.49. The van der Waals surface area contributed by atoms with E-state index in [1.807, 2.05) is 11.3 Å². The molecule has 1 aliphatic rings. The van der Waals surface area contributed by atoms with E-state index in [1.54, 1.807) is 0 Å². The van der Waals surface area contributed by atoms with Crippen LogP contribution in [-0.2, 0) is 5.41 Å². The number of hydrogen-bond donors (Lipinski definition) is 0. The molecule has 12 aromatic rings. The average Bonchev–Trinajstić information content (AvgIpc) is 3.79. The van der Waals surface area contributed by atoms with Gasteiger partial charge in [0.25, 0.3) is 0 Å². The summed E-state index contributed by atoms with van der Waals surface area (Å²) in [5, 5.41) is 15.6. The summed E-state index contributed by atoms with van der Waals surface area (Å²) in [4.78, 5) is 0. The largest absolute Gasteiger partial charge is 0.135 e. The van der Waals surface area contributed by atoms with Crippen LogP contribution in [0, 0.1) is 0 Å². The summed E-state index contributed by atoms with van der Waals surface area (Å²) in [6.07, 6.45) is 0. The average molecular weight is 779 g/mol. The Balaban J connectivity index is 1.01. The molecule has 0 N–H and O–H groups in total. The molecule has 1 heterocycles. The predicted molar refractivity (Wildman–Crippen MR) is 261 cm³/mol. The Morgan fingerprint density at radius 1 is 0.317 bits per heavy atom. The molecular weight excluding hydrogens is 741 g/mol. The predicted octanol–water partition coefficient (Wildman–Crippen LogP) is 17.1. The highest BCUT2D eigenvalue weighted by atomic mass is 32.1. The van der Waals surface area contributed by atoms with E-state index in [9.17, 15) is 0 Å². The lowest BCUT2D eigenvalue weighted by molar-refractivity contribution is 0.661. The van der Waals surface area contributed by atoms with E-state index in [0.717, 1.165) is 0 Å². The zero-order valence-electron chi connectivity index (χ0n) is 33.4. The minimum absolute atomic E-state index is 0.139. The van der Waals surface area contributed by atoms with Crippen LogP contribution in [0.2, 0.25) is 0 Å². The highest BCUT2D eigenvalue weighted by Gasteiger charge is 2.37. The van der Waals surface area contributed by atoms with Gasteiger partial charge in [-0.15, -0.1) is 11.3 Å². The van der Waals surface area contributed by atoms with Gasteiger partial charge in [0.2, 0.25) is 0 Å². The molecule has 1 aromatic heterocycles. The molecule has 0 aliphatic heterocycles. The zero-order valence-corrected chi connectivity index (χ0v) is 34.2. The second-order valence-electron chi connectivity index (χ2n) is 17.1. The molecular formula is C59H38S. The van der Waals surface area contributed by atoms with Crippen LogP contribution in [0.4, 0.5) is 0 Å². The fraction of sp³-hybridized carbons (Fsp3) is 0.0508. The number of benzene rings is 11. The van der Waals surface area contributed by atoms with Crippen molar-refractivity contribution in [2.24, 2.45) is 0 Å². The first-order chi connectivity index (χ1) is 29.5. The van der Waals surface area contributed by atoms with Gasteiger partial charge in [0.15, 0.2) is 0 Å². The Hall–Kier alpha value is -7.06. The van der Waals surface area contributed by atoms with Gasteiger partial charge in [0, 0.05) is 25.6 Å². The first-order valence-corrected chi connectivity index (χ1v) is 21.8. The molecule has 0 bridgehead atoms. The second-order valence-corrected chi connectivity index (χ2v) is 18.2. The van der Waals surface area contributed by atoms with E-state index in [1.165, 1.54) is 130 Å². The SMILES string of the molecule is CC1(C)c2cc(-c3ccc(-c4c5ccccc5c(-c5cccc6ccccc56)c5ccccc45)c4ccccc34)ccc2-c2c1ccc1c2ccc2sc3ccccc3c21. The minimum Gasteiger partial charge on any atom is -0.135 e. The molecule has 0 fully saturated rings. The summed E-state index contributed by atoms with van der Waals surface area (Å²) in [5.41, 5.74) is 13.1. The van der Waals surface area contributed by atoms with E-state index >= 15 is 0 Å². The third kappa shape index (κ3) is 4.61. The molecule has 0 saturated heterocycles. The molecule has 0 atom stereocenters. The van der Waals surface area contributed by atoms with Gasteiger partial charge in [-0.05, 0) is 128 Å². The van der Waals surface area contributed by atoms with Crippen molar-refractivity contribution in [2.45, 2.75) is 19.3 Å². The highest BCUT2D eigenvalue weighted by Crippen LogP contribution is 2.54. The van der Waals surface area contributed by atoms with Crippen molar-refractivity contribution in [3.05, 3.63) is 205 Å². The lowest BCUT2D eigenvalue weighted by Crippen LogP contribution is -2.15. The third-order valence-corrected chi connectivity index (χ3v) is 14.8. The van der Waals surface area contributed by atoms with Crippen LogP contribution < -0.4 is 0 Å². The lowest BCUT2D eigenvalue weighted by Gasteiger charge is -2.23. The maximum atomic E-state index is 2.49. The molecule has 280 valence electrons. The van der Waals surface area contributed by atoms with Crippen molar-refractivity contribution in [3.63, 3.8) is 0 Å². The molecule has 1 aliphatic carbocycles. The molecule has 0 unspecified atom stereocenters. The smallest absolute Gasteiger partial charge is 0.0361 e. The van der Waals surface area contributed by atoms with Crippen molar-refractivity contribution in [3.8, 4) is 44.5 Å². The van der Waals surface area contributed by atoms with Crippen molar-refractivity contribution in [2.75, 3.05) is 0 Å². The van der Waals surface area contributed by atoms with Crippen molar-refractivity contribution < 1.29 is 0 Å². The highest BCUT2D eigenvalue weighted by molar-refractivity contribution is 7.26. The summed E-state index contributed by atoms with van der Waals surface area (Å²) in [6.45, 7) is 4.82. The van der Waals surface area contributed by atoms with Crippen LogP contribution in [0.15, 0.2) is 194 Å². The van der Waals surface area contributed by atoms with Gasteiger partial charge in [-0.1, -0.05) is 190 Å². The lowest BCUT2D eigenvalue weighted by atomic mass is 9.80. The van der Waals surface area contributed by atoms with Crippen LogP contribution in [0.1, 0.15) is 25.0 Å². The van der Waals surface area contributed by atoms with Crippen LogP contribution >= 0.6 is 11.3 Å². The van der Waals surface area contributed by atoms with Crippen molar-refractivity contribution in [1.29, 1.82) is 0 Å². The Labute approximate surface area is 352 Å². The Morgan fingerprint density at radius 2 is 0.833 bits per heavy atom. The number of rotatable bonds is 3. The molecule has 0 spiro atoms. The molecule has 11 aromatic carbocycles. The van der Waals surface area contributed by atoms with E-state index in [0.29, 0.717) is 0 Å². The van der Waals surface area contributed by atoms with Crippen LogP contribution in [-0.4, -0.2) is 0 Å². The summed E-state index contributed by atoms with van der Waals surface area (Å²) in [6, 6.07) is 73.0. The van der Waals surface area contributed by atoms with E-state index < -0.39 is 0 Å². The number of fused-ring (bicyclic) bond motifs is 13.